The Hall–Kier alpha value is -0.790. The van der Waals surface area contributed by atoms with Gasteiger partial charge in [0.25, 0.3) is 0 Å². The van der Waals surface area contributed by atoms with Gasteiger partial charge >= 0.3 is 0 Å². The van der Waals surface area contributed by atoms with Crippen LogP contribution < -0.4 is 0 Å². The van der Waals surface area contributed by atoms with Gasteiger partial charge in [-0.3, -0.25) is 4.79 Å². The molecular weight excluding hydrogens is 246 g/mol. The second-order valence-corrected chi connectivity index (χ2v) is 6.62. The van der Waals surface area contributed by atoms with Crippen molar-refractivity contribution in [1.82, 2.24) is 4.90 Å². The Kier molecular flexibility index (Phi) is 6.12. The first kappa shape index (κ1) is 15.6. The van der Waals surface area contributed by atoms with Crippen LogP contribution in [0.15, 0.2) is 12.2 Å². The molecule has 0 saturated heterocycles. The highest BCUT2D eigenvalue weighted by Gasteiger charge is 2.40. The van der Waals surface area contributed by atoms with Crippen LogP contribution in [0.3, 0.4) is 0 Å². The third kappa shape index (κ3) is 4.96. The molecule has 0 aliphatic heterocycles. The summed E-state index contributed by atoms with van der Waals surface area (Å²) < 4.78 is 0. The highest BCUT2D eigenvalue weighted by Crippen LogP contribution is 2.43. The zero-order valence-electron chi connectivity index (χ0n) is 13.3. The highest BCUT2D eigenvalue weighted by atomic mass is 16.2. The predicted molar refractivity (Wildman–Crippen MR) is 84.5 cm³/mol. The molecule has 0 aromatic heterocycles. The van der Waals surface area contributed by atoms with E-state index in [1.807, 2.05) is 0 Å². The molecule has 2 fully saturated rings. The Morgan fingerprint density at radius 1 is 1.20 bits per heavy atom. The van der Waals surface area contributed by atoms with Gasteiger partial charge in [0.05, 0.1) is 0 Å². The zero-order valence-corrected chi connectivity index (χ0v) is 13.3. The van der Waals surface area contributed by atoms with Crippen LogP contribution in [0, 0.1) is 17.8 Å². The molecule has 2 nitrogen and oxygen atoms in total. The number of unbranched alkanes of at least 4 members (excludes halogenated alkanes) is 1. The van der Waals surface area contributed by atoms with Crippen molar-refractivity contribution in [3.8, 4) is 0 Å². The number of carbonyl (C=O) groups excluding carboxylic acids is 1. The van der Waals surface area contributed by atoms with E-state index in [2.05, 4.69) is 30.9 Å². The molecule has 2 aliphatic rings. The summed E-state index contributed by atoms with van der Waals surface area (Å²) in [5.74, 6) is 2.52. The lowest BCUT2D eigenvalue weighted by Crippen LogP contribution is -2.35. The van der Waals surface area contributed by atoms with Gasteiger partial charge in [0.2, 0.25) is 5.91 Å². The summed E-state index contributed by atoms with van der Waals surface area (Å²) in [7, 11) is 0. The lowest BCUT2D eigenvalue weighted by molar-refractivity contribution is -0.132. The number of carbonyl (C=O) groups is 1. The fourth-order valence-corrected chi connectivity index (χ4v) is 2.99. The minimum absolute atomic E-state index is 0.386. The zero-order chi connectivity index (χ0) is 14.4. The number of allylic oxidation sites excluding steroid dienone is 2. The van der Waals surface area contributed by atoms with Crippen LogP contribution >= 0.6 is 0 Å². The molecule has 2 atom stereocenters. The Balaban J connectivity index is 1.69. The molecule has 2 saturated carbocycles. The van der Waals surface area contributed by atoms with E-state index in [-0.39, 0.29) is 0 Å². The first-order valence-electron chi connectivity index (χ1n) is 8.70. The molecule has 0 aromatic carbocycles. The average molecular weight is 277 g/mol. The minimum Gasteiger partial charge on any atom is -0.342 e. The van der Waals surface area contributed by atoms with Gasteiger partial charge in [0, 0.05) is 19.0 Å². The standard InChI is InChI=1S/C18H31NO/c1-3-5-7-8-9-16-13-17(16)14-19(12-6-4-2)18(20)15-10-11-15/h5,7,15-17H,3-4,6,8-14H2,1-2H3/b7-5-/t16-,17-/m0/s1. The minimum atomic E-state index is 0.386. The topological polar surface area (TPSA) is 20.3 Å². The third-order valence-corrected chi connectivity index (χ3v) is 4.65. The number of nitrogens with zero attached hydrogens (tertiary/aromatic N) is 1. The van der Waals surface area contributed by atoms with Crippen LogP contribution in [0.1, 0.15) is 65.2 Å². The summed E-state index contributed by atoms with van der Waals surface area (Å²) in [6.07, 6.45) is 14.2. The van der Waals surface area contributed by atoms with Gasteiger partial charge in [0.1, 0.15) is 0 Å². The van der Waals surface area contributed by atoms with Gasteiger partial charge in [0.15, 0.2) is 0 Å². The molecule has 0 bridgehead atoms. The molecule has 0 radical (unpaired) electrons. The molecule has 1 amide bonds. The van der Waals surface area contributed by atoms with Crippen molar-refractivity contribution < 1.29 is 4.79 Å². The molecule has 2 rings (SSSR count). The largest absolute Gasteiger partial charge is 0.342 e. The molecule has 0 N–H and O–H groups in total. The van der Waals surface area contributed by atoms with E-state index in [0.29, 0.717) is 11.8 Å². The molecule has 2 heteroatoms. The summed E-state index contributed by atoms with van der Waals surface area (Å²) in [4.78, 5) is 14.5. The first-order valence-corrected chi connectivity index (χ1v) is 8.70. The van der Waals surface area contributed by atoms with Crippen molar-refractivity contribution >= 4 is 5.91 Å². The quantitative estimate of drug-likeness (QED) is 0.542. The second kappa shape index (κ2) is 7.85. The van der Waals surface area contributed by atoms with Crippen LogP contribution in [0.4, 0.5) is 0 Å². The van der Waals surface area contributed by atoms with Crippen molar-refractivity contribution in [2.45, 2.75) is 65.2 Å². The smallest absolute Gasteiger partial charge is 0.225 e. The molecule has 2 aliphatic carbocycles. The maximum Gasteiger partial charge on any atom is 0.225 e. The van der Waals surface area contributed by atoms with Crippen molar-refractivity contribution in [2.24, 2.45) is 17.8 Å². The van der Waals surface area contributed by atoms with Gasteiger partial charge in [-0.25, -0.2) is 0 Å². The van der Waals surface area contributed by atoms with Crippen molar-refractivity contribution in [3.63, 3.8) is 0 Å². The van der Waals surface area contributed by atoms with E-state index >= 15 is 0 Å². The van der Waals surface area contributed by atoms with Gasteiger partial charge in [-0.05, 0) is 56.8 Å². The molecule has 0 unspecified atom stereocenters. The van der Waals surface area contributed by atoms with Crippen molar-refractivity contribution in [3.05, 3.63) is 12.2 Å². The van der Waals surface area contributed by atoms with E-state index in [1.54, 1.807) is 0 Å². The number of rotatable bonds is 10. The SMILES string of the molecule is CC/C=C\CC[C@H]1C[C@H]1CN(CCCC)C(=O)C1CC1. The predicted octanol–water partition coefficient (Wildman–Crippen LogP) is 4.41. The molecular formula is C18H31NO. The molecule has 0 spiro atoms. The van der Waals surface area contributed by atoms with E-state index in [4.69, 9.17) is 0 Å². The van der Waals surface area contributed by atoms with Gasteiger partial charge in [-0.2, -0.15) is 0 Å². The molecule has 0 aromatic rings. The average Bonchev–Trinajstić information content (AvgIpc) is 3.34. The summed E-state index contributed by atoms with van der Waals surface area (Å²) in [6.45, 7) is 6.42. The first-order chi connectivity index (χ1) is 9.76. The number of amides is 1. The number of hydrogen-bond acceptors (Lipinski definition) is 1. The van der Waals surface area contributed by atoms with E-state index in [0.717, 1.165) is 50.6 Å². The maximum atomic E-state index is 12.3. The van der Waals surface area contributed by atoms with E-state index in [1.165, 1.54) is 25.7 Å². The Morgan fingerprint density at radius 3 is 2.65 bits per heavy atom. The highest BCUT2D eigenvalue weighted by molar-refractivity contribution is 5.81. The molecule has 20 heavy (non-hydrogen) atoms. The summed E-state index contributed by atoms with van der Waals surface area (Å²) in [5, 5.41) is 0. The van der Waals surface area contributed by atoms with Crippen LogP contribution in [-0.4, -0.2) is 23.9 Å². The fourth-order valence-electron chi connectivity index (χ4n) is 2.99. The number of hydrogen-bond donors (Lipinski definition) is 0. The normalized spacial score (nSPS) is 25.1. The molecule has 114 valence electrons. The maximum absolute atomic E-state index is 12.3. The Labute approximate surface area is 124 Å². The van der Waals surface area contributed by atoms with Crippen LogP contribution in [0.2, 0.25) is 0 Å². The summed E-state index contributed by atoms with van der Waals surface area (Å²) >= 11 is 0. The van der Waals surface area contributed by atoms with E-state index in [9.17, 15) is 4.79 Å². The van der Waals surface area contributed by atoms with Gasteiger partial charge in [-0.1, -0.05) is 32.4 Å². The van der Waals surface area contributed by atoms with E-state index < -0.39 is 0 Å². The van der Waals surface area contributed by atoms with Crippen molar-refractivity contribution in [1.29, 1.82) is 0 Å². The lowest BCUT2D eigenvalue weighted by Gasteiger charge is -2.22. The van der Waals surface area contributed by atoms with Gasteiger partial charge < -0.3 is 4.90 Å². The van der Waals surface area contributed by atoms with Crippen molar-refractivity contribution in [2.75, 3.05) is 13.1 Å². The summed E-state index contributed by atoms with van der Waals surface area (Å²) in [5.41, 5.74) is 0. The summed E-state index contributed by atoms with van der Waals surface area (Å²) in [6, 6.07) is 0. The monoisotopic (exact) mass is 277 g/mol. The Bertz CT molecular complexity index is 332. The molecule has 0 heterocycles. The van der Waals surface area contributed by atoms with Crippen LogP contribution in [0.5, 0.6) is 0 Å². The fraction of sp³-hybridized carbons (Fsp3) is 0.833. The Morgan fingerprint density at radius 2 is 2.00 bits per heavy atom. The van der Waals surface area contributed by atoms with Crippen LogP contribution in [0.25, 0.3) is 0 Å². The van der Waals surface area contributed by atoms with Gasteiger partial charge in [-0.15, -0.1) is 0 Å². The third-order valence-electron chi connectivity index (χ3n) is 4.65. The second-order valence-electron chi connectivity index (χ2n) is 6.62. The van der Waals surface area contributed by atoms with Crippen LogP contribution in [-0.2, 0) is 4.79 Å². The lowest BCUT2D eigenvalue weighted by atomic mass is 10.1.